The molecule has 0 unspecified atom stereocenters. The van der Waals surface area contributed by atoms with Gasteiger partial charge >= 0.3 is 0 Å². The summed E-state index contributed by atoms with van der Waals surface area (Å²) in [7, 11) is 1.68. The molecule has 1 aromatic rings. The summed E-state index contributed by atoms with van der Waals surface area (Å²) in [4.78, 5) is 19.9. The molecule has 1 fully saturated rings. The van der Waals surface area contributed by atoms with Crippen LogP contribution in [-0.4, -0.2) is 17.1 Å². The average molecular weight is 343 g/mol. The van der Waals surface area contributed by atoms with E-state index in [2.05, 4.69) is 34.8 Å². The summed E-state index contributed by atoms with van der Waals surface area (Å²) >= 11 is 3.41. The molecular formula is C15H23BrN2O2. The number of aromatic amines is 1. The van der Waals surface area contributed by atoms with Crippen LogP contribution in [0, 0.1) is 0 Å². The Bertz CT molecular complexity index is 509. The summed E-state index contributed by atoms with van der Waals surface area (Å²) in [5, 5.41) is 0. The number of nitrogens with zero attached hydrogens (tertiary/aromatic N) is 1. The third-order valence-corrected chi connectivity index (χ3v) is 5.36. The number of H-pyrrole nitrogens is 1. The molecule has 1 N–H and O–H groups in total. The molecule has 1 aliphatic carbocycles. The zero-order chi connectivity index (χ0) is 14.8. The molecule has 1 aliphatic rings. The van der Waals surface area contributed by atoms with E-state index in [9.17, 15) is 4.79 Å². The van der Waals surface area contributed by atoms with Crippen LogP contribution < -0.4 is 5.56 Å². The van der Waals surface area contributed by atoms with E-state index < -0.39 is 5.60 Å². The van der Waals surface area contributed by atoms with Crippen molar-refractivity contribution in [2.24, 2.45) is 0 Å². The van der Waals surface area contributed by atoms with Gasteiger partial charge < -0.3 is 9.72 Å². The van der Waals surface area contributed by atoms with Gasteiger partial charge in [-0.15, -0.1) is 0 Å². The van der Waals surface area contributed by atoms with Gasteiger partial charge in [-0.3, -0.25) is 4.79 Å². The minimum atomic E-state index is -0.493. The summed E-state index contributed by atoms with van der Waals surface area (Å²) in [6.45, 7) is 4.12. The maximum absolute atomic E-state index is 12.2. The van der Waals surface area contributed by atoms with Crippen molar-refractivity contribution < 1.29 is 4.74 Å². The minimum Gasteiger partial charge on any atom is -0.370 e. The fourth-order valence-corrected chi connectivity index (χ4v) is 3.64. The molecule has 0 spiro atoms. The van der Waals surface area contributed by atoms with Crippen LogP contribution in [0.5, 0.6) is 0 Å². The van der Waals surface area contributed by atoms with Crippen LogP contribution in [0.4, 0.5) is 0 Å². The Labute approximate surface area is 128 Å². The van der Waals surface area contributed by atoms with Crippen LogP contribution in [0.2, 0.25) is 0 Å². The second-order valence-electron chi connectivity index (χ2n) is 5.50. The van der Waals surface area contributed by atoms with Gasteiger partial charge in [-0.05, 0) is 41.6 Å². The number of nitrogens with one attached hydrogen (secondary N) is 1. The standard InChI is InChI=1S/C15H23BrN2O2/c1-4-15(5-2,20-3)14-17-12(10-8-6-7-9-10)11(16)13(19)18-14/h10H,4-9H2,1-3H3,(H,17,18,19). The molecule has 2 rings (SSSR count). The fraction of sp³-hybridized carbons (Fsp3) is 0.733. The van der Waals surface area contributed by atoms with Crippen LogP contribution in [0.15, 0.2) is 9.27 Å². The van der Waals surface area contributed by atoms with Crippen molar-refractivity contribution in [3.05, 3.63) is 26.3 Å². The van der Waals surface area contributed by atoms with Crippen LogP contribution >= 0.6 is 15.9 Å². The Morgan fingerprint density at radius 1 is 1.35 bits per heavy atom. The first kappa shape index (κ1) is 15.7. The van der Waals surface area contributed by atoms with E-state index in [0.29, 0.717) is 16.2 Å². The van der Waals surface area contributed by atoms with E-state index in [1.165, 1.54) is 12.8 Å². The normalized spacial score (nSPS) is 16.8. The molecule has 20 heavy (non-hydrogen) atoms. The van der Waals surface area contributed by atoms with E-state index in [1.54, 1.807) is 7.11 Å². The third-order valence-electron chi connectivity index (χ3n) is 4.59. The summed E-state index contributed by atoms with van der Waals surface area (Å²) in [5.41, 5.74) is 0.317. The number of halogens is 1. The molecule has 4 nitrogen and oxygen atoms in total. The van der Waals surface area contributed by atoms with Gasteiger partial charge in [0.1, 0.15) is 15.9 Å². The molecule has 0 saturated heterocycles. The monoisotopic (exact) mass is 342 g/mol. The van der Waals surface area contributed by atoms with Crippen molar-refractivity contribution in [1.29, 1.82) is 0 Å². The Morgan fingerprint density at radius 2 is 1.95 bits per heavy atom. The number of aromatic nitrogens is 2. The second kappa shape index (κ2) is 6.39. The van der Waals surface area contributed by atoms with E-state index in [-0.39, 0.29) is 5.56 Å². The van der Waals surface area contributed by atoms with Gasteiger partial charge in [0, 0.05) is 13.0 Å². The van der Waals surface area contributed by atoms with Gasteiger partial charge in [0.25, 0.3) is 5.56 Å². The molecule has 1 heterocycles. The van der Waals surface area contributed by atoms with E-state index in [4.69, 9.17) is 9.72 Å². The SMILES string of the molecule is CCC(CC)(OC)c1nc(C2CCCC2)c(Br)c(=O)[nH]1. The van der Waals surface area contributed by atoms with Crippen LogP contribution in [0.25, 0.3) is 0 Å². The number of rotatable bonds is 5. The summed E-state index contributed by atoms with van der Waals surface area (Å²) in [5.74, 6) is 1.06. The van der Waals surface area contributed by atoms with Crippen molar-refractivity contribution in [3.63, 3.8) is 0 Å². The molecule has 1 saturated carbocycles. The number of methoxy groups -OCH3 is 1. The van der Waals surface area contributed by atoms with Crippen LogP contribution in [-0.2, 0) is 10.3 Å². The Balaban J connectivity index is 2.52. The molecule has 0 atom stereocenters. The average Bonchev–Trinajstić information content (AvgIpc) is 2.99. The molecule has 0 aromatic carbocycles. The van der Waals surface area contributed by atoms with E-state index >= 15 is 0 Å². The Morgan fingerprint density at radius 3 is 2.45 bits per heavy atom. The number of hydrogen-bond acceptors (Lipinski definition) is 3. The second-order valence-corrected chi connectivity index (χ2v) is 6.29. The van der Waals surface area contributed by atoms with Crippen molar-refractivity contribution >= 4 is 15.9 Å². The molecule has 0 bridgehead atoms. The minimum absolute atomic E-state index is 0.0970. The van der Waals surface area contributed by atoms with Gasteiger partial charge in [0.2, 0.25) is 0 Å². The molecule has 0 aliphatic heterocycles. The first-order valence-electron chi connectivity index (χ1n) is 7.43. The molecule has 0 radical (unpaired) electrons. The lowest BCUT2D eigenvalue weighted by molar-refractivity contribution is -0.0295. The van der Waals surface area contributed by atoms with Gasteiger partial charge in [-0.1, -0.05) is 26.7 Å². The van der Waals surface area contributed by atoms with Crippen molar-refractivity contribution in [2.75, 3.05) is 7.11 Å². The lowest BCUT2D eigenvalue weighted by Crippen LogP contribution is -2.33. The molecular weight excluding hydrogens is 320 g/mol. The van der Waals surface area contributed by atoms with Gasteiger partial charge in [0.15, 0.2) is 0 Å². The summed E-state index contributed by atoms with van der Waals surface area (Å²) in [6.07, 6.45) is 6.25. The first-order chi connectivity index (χ1) is 9.57. The van der Waals surface area contributed by atoms with E-state index in [0.717, 1.165) is 31.4 Å². The maximum Gasteiger partial charge on any atom is 0.265 e. The highest BCUT2D eigenvalue weighted by atomic mass is 79.9. The lowest BCUT2D eigenvalue weighted by atomic mass is 9.95. The zero-order valence-electron chi connectivity index (χ0n) is 12.5. The zero-order valence-corrected chi connectivity index (χ0v) is 14.0. The largest absolute Gasteiger partial charge is 0.370 e. The summed E-state index contributed by atoms with van der Waals surface area (Å²) in [6, 6.07) is 0. The quantitative estimate of drug-likeness (QED) is 0.883. The molecule has 0 amide bonds. The van der Waals surface area contributed by atoms with Crippen molar-refractivity contribution in [1.82, 2.24) is 9.97 Å². The van der Waals surface area contributed by atoms with E-state index in [1.807, 2.05) is 0 Å². The Hall–Kier alpha value is -0.680. The molecule has 5 heteroatoms. The van der Waals surface area contributed by atoms with Gasteiger partial charge in [-0.2, -0.15) is 0 Å². The molecule has 1 aromatic heterocycles. The number of ether oxygens (including phenoxy) is 1. The van der Waals surface area contributed by atoms with Crippen LogP contribution in [0.3, 0.4) is 0 Å². The predicted octanol–water partition coefficient (Wildman–Crippen LogP) is 3.85. The molecule has 112 valence electrons. The highest BCUT2D eigenvalue weighted by Gasteiger charge is 2.33. The summed E-state index contributed by atoms with van der Waals surface area (Å²) < 4.78 is 6.28. The van der Waals surface area contributed by atoms with Gasteiger partial charge in [-0.25, -0.2) is 4.98 Å². The van der Waals surface area contributed by atoms with Crippen LogP contribution in [0.1, 0.15) is 69.8 Å². The topological polar surface area (TPSA) is 55.0 Å². The smallest absolute Gasteiger partial charge is 0.265 e. The highest BCUT2D eigenvalue weighted by molar-refractivity contribution is 9.10. The Kier molecular flexibility index (Phi) is 5.02. The fourth-order valence-electron chi connectivity index (χ4n) is 3.13. The lowest BCUT2D eigenvalue weighted by Gasteiger charge is -2.29. The van der Waals surface area contributed by atoms with Crippen molar-refractivity contribution in [3.8, 4) is 0 Å². The predicted molar refractivity (Wildman–Crippen MR) is 83.0 cm³/mol. The third kappa shape index (κ3) is 2.70. The first-order valence-corrected chi connectivity index (χ1v) is 8.22. The van der Waals surface area contributed by atoms with Gasteiger partial charge in [0.05, 0.1) is 5.69 Å². The maximum atomic E-state index is 12.2. The number of hydrogen-bond donors (Lipinski definition) is 1. The van der Waals surface area contributed by atoms with Crippen molar-refractivity contribution in [2.45, 2.75) is 63.9 Å². The highest BCUT2D eigenvalue weighted by Crippen LogP contribution is 2.37.